The fourth-order valence-electron chi connectivity index (χ4n) is 2.19. The van der Waals surface area contributed by atoms with E-state index in [1.165, 1.54) is 23.5 Å². The lowest BCUT2D eigenvalue weighted by Gasteiger charge is -2.04. The molecule has 1 N–H and O–H groups in total. The predicted octanol–water partition coefficient (Wildman–Crippen LogP) is 3.67. The maximum atomic E-state index is 12.2. The maximum absolute atomic E-state index is 12.2. The zero-order valence-electron chi connectivity index (χ0n) is 12.6. The van der Waals surface area contributed by atoms with Crippen LogP contribution in [0.4, 0.5) is 5.13 Å². The van der Waals surface area contributed by atoms with Crippen LogP contribution in [0, 0.1) is 6.92 Å². The smallest absolute Gasteiger partial charge is 0.241 e. The lowest BCUT2D eigenvalue weighted by Crippen LogP contribution is -2.22. The number of fused-ring (bicyclic) bond motifs is 1. The largest absolute Gasteiger partial charge is 0.301 e. The van der Waals surface area contributed by atoms with Gasteiger partial charge in [-0.1, -0.05) is 47.2 Å². The molecule has 0 atom stereocenters. The summed E-state index contributed by atoms with van der Waals surface area (Å²) < 4.78 is 25.2. The van der Waals surface area contributed by atoms with E-state index in [-0.39, 0.29) is 4.90 Å². The molecule has 0 radical (unpaired) electrons. The van der Waals surface area contributed by atoms with Gasteiger partial charge in [0.2, 0.25) is 5.91 Å². The third-order valence-corrected chi connectivity index (χ3v) is 6.43. The highest BCUT2D eigenvalue weighted by molar-refractivity contribution is 7.92. The number of benzene rings is 2. The average molecular weight is 381 g/mol. The second kappa shape index (κ2) is 6.51. The molecule has 0 aliphatic carbocycles. The van der Waals surface area contributed by atoms with Crippen molar-refractivity contribution >= 4 is 54.0 Å². The summed E-state index contributed by atoms with van der Waals surface area (Å²) in [5.41, 5.74) is 1.64. The molecule has 1 amide bonds. The number of carbonyl (C=O) groups is 1. The quantitative estimate of drug-likeness (QED) is 0.749. The minimum absolute atomic E-state index is 0.114. The lowest BCUT2D eigenvalue weighted by atomic mass is 10.2. The van der Waals surface area contributed by atoms with E-state index >= 15 is 0 Å². The number of nitrogens with zero attached hydrogens (tertiary/aromatic N) is 1. The monoisotopic (exact) mass is 380 g/mol. The van der Waals surface area contributed by atoms with Crippen molar-refractivity contribution in [2.24, 2.45) is 0 Å². The molecule has 0 fully saturated rings. The molecule has 0 spiro atoms. The van der Waals surface area contributed by atoms with Crippen LogP contribution in [0.15, 0.2) is 47.4 Å². The van der Waals surface area contributed by atoms with Crippen molar-refractivity contribution in [3.63, 3.8) is 0 Å². The number of hydrogen-bond donors (Lipinski definition) is 1. The Morgan fingerprint density at radius 3 is 2.58 bits per heavy atom. The summed E-state index contributed by atoms with van der Waals surface area (Å²) in [5, 5.41) is 3.42. The van der Waals surface area contributed by atoms with Gasteiger partial charge in [-0.05, 0) is 30.7 Å². The van der Waals surface area contributed by atoms with E-state index in [0.29, 0.717) is 15.7 Å². The van der Waals surface area contributed by atoms with Crippen LogP contribution in [0.5, 0.6) is 0 Å². The Hall–Kier alpha value is -1.96. The molecule has 5 nitrogen and oxygen atoms in total. The number of sulfone groups is 1. The number of aryl methyl sites for hydroxylation is 1. The minimum Gasteiger partial charge on any atom is -0.301 e. The van der Waals surface area contributed by atoms with Gasteiger partial charge in [-0.3, -0.25) is 4.79 Å². The summed E-state index contributed by atoms with van der Waals surface area (Å²) in [7, 11) is -3.69. The molecular formula is C16H13ClN2O3S2. The second-order valence-electron chi connectivity index (χ2n) is 5.18. The van der Waals surface area contributed by atoms with Crippen LogP contribution in [0.25, 0.3) is 10.2 Å². The Labute approximate surface area is 148 Å². The van der Waals surface area contributed by atoms with Gasteiger partial charge in [0.05, 0.1) is 20.1 Å². The third-order valence-electron chi connectivity index (χ3n) is 3.37. The van der Waals surface area contributed by atoms with E-state index < -0.39 is 21.5 Å². The summed E-state index contributed by atoms with van der Waals surface area (Å²) in [6.07, 6.45) is 0. The van der Waals surface area contributed by atoms with E-state index in [4.69, 9.17) is 11.6 Å². The van der Waals surface area contributed by atoms with Crippen LogP contribution >= 0.6 is 22.9 Å². The highest BCUT2D eigenvalue weighted by atomic mass is 35.5. The molecule has 8 heteroatoms. The van der Waals surface area contributed by atoms with Gasteiger partial charge in [0, 0.05) is 0 Å². The maximum Gasteiger partial charge on any atom is 0.241 e. The molecule has 3 rings (SSSR count). The number of anilines is 1. The first-order valence-corrected chi connectivity index (χ1v) is 9.85. The molecule has 0 saturated heterocycles. The third kappa shape index (κ3) is 3.43. The van der Waals surface area contributed by atoms with Crippen molar-refractivity contribution in [3.05, 3.63) is 53.1 Å². The Bertz CT molecular complexity index is 975. The van der Waals surface area contributed by atoms with Crippen molar-refractivity contribution in [1.82, 2.24) is 4.98 Å². The van der Waals surface area contributed by atoms with Gasteiger partial charge in [0.25, 0.3) is 0 Å². The molecular weight excluding hydrogens is 368 g/mol. The zero-order valence-corrected chi connectivity index (χ0v) is 15.0. The first-order valence-electron chi connectivity index (χ1n) is 7.00. The fourth-order valence-corrected chi connectivity index (χ4v) is 4.58. The topological polar surface area (TPSA) is 76.1 Å². The van der Waals surface area contributed by atoms with Gasteiger partial charge in [-0.15, -0.1) is 0 Å². The summed E-state index contributed by atoms with van der Waals surface area (Å²) in [4.78, 5) is 16.5. The normalized spacial score (nSPS) is 11.6. The van der Waals surface area contributed by atoms with Gasteiger partial charge < -0.3 is 5.32 Å². The van der Waals surface area contributed by atoms with Crippen molar-refractivity contribution < 1.29 is 13.2 Å². The van der Waals surface area contributed by atoms with Crippen LogP contribution in [0.3, 0.4) is 0 Å². The van der Waals surface area contributed by atoms with Crippen LogP contribution in [-0.2, 0) is 14.6 Å². The number of nitrogens with one attached hydrogen (secondary N) is 1. The van der Waals surface area contributed by atoms with E-state index in [1.54, 1.807) is 24.3 Å². The minimum atomic E-state index is -3.69. The Morgan fingerprint density at radius 1 is 1.21 bits per heavy atom. The summed E-state index contributed by atoms with van der Waals surface area (Å²) >= 11 is 7.35. The number of amides is 1. The van der Waals surface area contributed by atoms with Gasteiger partial charge in [-0.25, -0.2) is 13.4 Å². The van der Waals surface area contributed by atoms with Gasteiger partial charge in [0.1, 0.15) is 5.75 Å². The molecule has 0 aliphatic heterocycles. The molecule has 124 valence electrons. The summed E-state index contributed by atoms with van der Waals surface area (Å²) in [6.45, 7) is 1.89. The van der Waals surface area contributed by atoms with E-state index in [1.807, 2.05) is 13.0 Å². The zero-order chi connectivity index (χ0) is 17.3. The highest BCUT2D eigenvalue weighted by Crippen LogP contribution is 2.33. The SMILES string of the molecule is Cc1ccc(Cl)c2sc(NC(=O)CS(=O)(=O)c3ccccc3)nc12. The molecule has 1 aromatic heterocycles. The van der Waals surface area contributed by atoms with Crippen molar-refractivity contribution in [2.75, 3.05) is 11.1 Å². The Morgan fingerprint density at radius 2 is 1.92 bits per heavy atom. The Balaban J connectivity index is 1.81. The van der Waals surface area contributed by atoms with E-state index in [2.05, 4.69) is 10.3 Å². The number of aromatic nitrogens is 1. The Kier molecular flexibility index (Phi) is 4.58. The highest BCUT2D eigenvalue weighted by Gasteiger charge is 2.20. The van der Waals surface area contributed by atoms with E-state index in [9.17, 15) is 13.2 Å². The van der Waals surface area contributed by atoms with Crippen LogP contribution in [0.1, 0.15) is 5.56 Å². The summed E-state index contributed by atoms with van der Waals surface area (Å²) in [6, 6.07) is 11.5. The molecule has 2 aromatic carbocycles. The molecule has 24 heavy (non-hydrogen) atoms. The fraction of sp³-hybridized carbons (Fsp3) is 0.125. The first-order chi connectivity index (χ1) is 11.4. The summed E-state index contributed by atoms with van der Waals surface area (Å²) in [5.74, 6) is -1.27. The van der Waals surface area contributed by atoms with Crippen molar-refractivity contribution in [1.29, 1.82) is 0 Å². The van der Waals surface area contributed by atoms with E-state index in [0.717, 1.165) is 10.3 Å². The number of hydrogen-bond acceptors (Lipinski definition) is 5. The second-order valence-corrected chi connectivity index (χ2v) is 8.58. The molecule has 3 aromatic rings. The molecule has 0 saturated carbocycles. The molecule has 0 unspecified atom stereocenters. The number of thiazole rings is 1. The first kappa shape index (κ1) is 16.9. The van der Waals surface area contributed by atoms with Crippen molar-refractivity contribution in [2.45, 2.75) is 11.8 Å². The molecule has 1 heterocycles. The average Bonchev–Trinajstić information content (AvgIpc) is 2.96. The lowest BCUT2D eigenvalue weighted by molar-refractivity contribution is -0.113. The van der Waals surface area contributed by atoms with Gasteiger partial charge in [-0.2, -0.15) is 0 Å². The van der Waals surface area contributed by atoms with Gasteiger partial charge in [0.15, 0.2) is 15.0 Å². The number of rotatable bonds is 4. The van der Waals surface area contributed by atoms with Crippen LogP contribution in [0.2, 0.25) is 5.02 Å². The number of halogens is 1. The number of carbonyl (C=O) groups excluding carboxylic acids is 1. The predicted molar refractivity (Wildman–Crippen MR) is 96.5 cm³/mol. The molecule has 0 aliphatic rings. The van der Waals surface area contributed by atoms with Crippen LogP contribution < -0.4 is 5.32 Å². The molecule has 0 bridgehead atoms. The standard InChI is InChI=1S/C16H13ClN2O3S2/c1-10-7-8-12(17)15-14(10)19-16(23-15)18-13(20)9-24(21,22)11-5-3-2-4-6-11/h2-8H,9H2,1H3,(H,18,19,20). The van der Waals surface area contributed by atoms with Gasteiger partial charge >= 0.3 is 0 Å². The van der Waals surface area contributed by atoms with Crippen LogP contribution in [-0.4, -0.2) is 25.1 Å². The van der Waals surface area contributed by atoms with Crippen molar-refractivity contribution in [3.8, 4) is 0 Å².